The molecule has 0 spiro atoms. The summed E-state index contributed by atoms with van der Waals surface area (Å²) in [4.78, 5) is 12.2. The molecule has 2 aromatic rings. The first-order valence-corrected chi connectivity index (χ1v) is 7.45. The van der Waals surface area contributed by atoms with E-state index in [-0.39, 0.29) is 12.3 Å². The quantitative estimate of drug-likeness (QED) is 0.941. The summed E-state index contributed by atoms with van der Waals surface area (Å²) >= 11 is 6.18. The van der Waals surface area contributed by atoms with Crippen molar-refractivity contribution in [2.75, 3.05) is 18.5 Å². The minimum absolute atomic E-state index is 0.0953. The molecule has 3 rings (SSSR count). The normalized spacial score (nSPS) is 12.8. The zero-order valence-corrected chi connectivity index (χ0v) is 12.9. The maximum absolute atomic E-state index is 12.2. The van der Waals surface area contributed by atoms with Gasteiger partial charge in [-0.2, -0.15) is 0 Å². The van der Waals surface area contributed by atoms with Gasteiger partial charge in [0.25, 0.3) is 0 Å². The second-order valence-corrected chi connectivity index (χ2v) is 5.55. The third-order valence-electron chi connectivity index (χ3n) is 3.44. The molecule has 114 valence electrons. The molecule has 2 aromatic carbocycles. The molecule has 0 aromatic heterocycles. The Morgan fingerprint density at radius 2 is 2.00 bits per heavy atom. The molecular weight excluding hydrogens is 302 g/mol. The second-order valence-electron chi connectivity index (χ2n) is 5.14. The minimum Gasteiger partial charge on any atom is -0.486 e. The Balaban J connectivity index is 1.74. The summed E-state index contributed by atoms with van der Waals surface area (Å²) in [6.07, 6.45) is 0.227. The van der Waals surface area contributed by atoms with Gasteiger partial charge < -0.3 is 14.8 Å². The third kappa shape index (κ3) is 3.17. The van der Waals surface area contributed by atoms with E-state index >= 15 is 0 Å². The standard InChI is InChI=1S/C17H16ClNO3/c1-11-4-2-3-5-14(11)19-16(20)10-12-8-13(18)17-15(9-12)21-6-7-22-17/h2-5,8-9H,6-7,10H2,1H3,(H,19,20). The van der Waals surface area contributed by atoms with Gasteiger partial charge in [-0.25, -0.2) is 0 Å². The molecular formula is C17H16ClNO3. The molecule has 0 unspecified atom stereocenters. The molecule has 5 heteroatoms. The number of amides is 1. The van der Waals surface area contributed by atoms with Gasteiger partial charge in [0.1, 0.15) is 13.2 Å². The number of carbonyl (C=O) groups is 1. The topological polar surface area (TPSA) is 47.6 Å². The summed E-state index contributed by atoms with van der Waals surface area (Å²) in [6, 6.07) is 11.2. The second kappa shape index (κ2) is 6.28. The molecule has 4 nitrogen and oxygen atoms in total. The first-order chi connectivity index (χ1) is 10.6. The number of ether oxygens (including phenoxy) is 2. The molecule has 22 heavy (non-hydrogen) atoms. The van der Waals surface area contributed by atoms with E-state index in [2.05, 4.69) is 5.32 Å². The van der Waals surface area contributed by atoms with Crippen molar-refractivity contribution in [3.63, 3.8) is 0 Å². The van der Waals surface area contributed by atoms with Crippen molar-refractivity contribution in [1.29, 1.82) is 0 Å². The fraction of sp³-hybridized carbons (Fsp3) is 0.235. The Bertz CT molecular complexity index is 715. The van der Waals surface area contributed by atoms with Crippen LogP contribution in [0, 0.1) is 6.92 Å². The molecule has 1 aliphatic rings. The molecule has 1 N–H and O–H groups in total. The first kappa shape index (κ1) is 14.7. The Kier molecular flexibility index (Phi) is 4.20. The van der Waals surface area contributed by atoms with Crippen molar-refractivity contribution in [2.24, 2.45) is 0 Å². The van der Waals surface area contributed by atoms with E-state index in [1.165, 1.54) is 0 Å². The average Bonchev–Trinajstić information content (AvgIpc) is 2.49. The summed E-state index contributed by atoms with van der Waals surface area (Å²) in [6.45, 7) is 2.93. The lowest BCUT2D eigenvalue weighted by atomic mass is 10.1. The monoisotopic (exact) mass is 317 g/mol. The first-order valence-electron chi connectivity index (χ1n) is 7.07. The molecule has 0 fully saturated rings. The third-order valence-corrected chi connectivity index (χ3v) is 3.72. The van der Waals surface area contributed by atoms with Crippen molar-refractivity contribution in [3.8, 4) is 11.5 Å². The van der Waals surface area contributed by atoms with Crippen LogP contribution in [0.15, 0.2) is 36.4 Å². The van der Waals surface area contributed by atoms with E-state index in [1.807, 2.05) is 31.2 Å². The highest BCUT2D eigenvalue weighted by Gasteiger charge is 2.17. The van der Waals surface area contributed by atoms with Crippen LogP contribution in [-0.4, -0.2) is 19.1 Å². The van der Waals surface area contributed by atoms with Gasteiger partial charge in [0, 0.05) is 5.69 Å². The molecule has 0 aliphatic carbocycles. The van der Waals surface area contributed by atoms with Gasteiger partial charge >= 0.3 is 0 Å². The van der Waals surface area contributed by atoms with Crippen LogP contribution < -0.4 is 14.8 Å². The van der Waals surface area contributed by atoms with Gasteiger partial charge in [0.15, 0.2) is 11.5 Å². The lowest BCUT2D eigenvalue weighted by molar-refractivity contribution is -0.115. The average molecular weight is 318 g/mol. The van der Waals surface area contributed by atoms with Gasteiger partial charge in [-0.1, -0.05) is 29.8 Å². The maximum Gasteiger partial charge on any atom is 0.228 e. The van der Waals surface area contributed by atoms with Crippen LogP contribution in [0.1, 0.15) is 11.1 Å². The van der Waals surface area contributed by atoms with E-state index < -0.39 is 0 Å². The van der Waals surface area contributed by atoms with Crippen molar-refractivity contribution >= 4 is 23.2 Å². The van der Waals surface area contributed by atoms with Crippen LogP contribution >= 0.6 is 11.6 Å². The highest BCUT2D eigenvalue weighted by Crippen LogP contribution is 2.38. The molecule has 1 aliphatic heterocycles. The van der Waals surface area contributed by atoms with E-state index in [0.29, 0.717) is 29.7 Å². The molecule has 1 heterocycles. The Labute approximate surface area is 134 Å². The number of hydrogen-bond acceptors (Lipinski definition) is 3. The van der Waals surface area contributed by atoms with E-state index in [9.17, 15) is 4.79 Å². The van der Waals surface area contributed by atoms with Crippen LogP contribution in [0.3, 0.4) is 0 Å². The largest absolute Gasteiger partial charge is 0.486 e. The lowest BCUT2D eigenvalue weighted by Gasteiger charge is -2.20. The predicted octanol–water partition coefficient (Wildman–Crippen LogP) is 3.60. The summed E-state index contributed by atoms with van der Waals surface area (Å²) in [7, 11) is 0. The van der Waals surface area contributed by atoms with Gasteiger partial charge in [0.05, 0.1) is 11.4 Å². The highest BCUT2D eigenvalue weighted by atomic mass is 35.5. The number of halogens is 1. The number of benzene rings is 2. The van der Waals surface area contributed by atoms with Crippen LogP contribution in [-0.2, 0) is 11.2 Å². The van der Waals surface area contributed by atoms with Crippen molar-refractivity contribution in [2.45, 2.75) is 13.3 Å². The fourth-order valence-electron chi connectivity index (χ4n) is 2.36. The van der Waals surface area contributed by atoms with E-state index in [4.69, 9.17) is 21.1 Å². The highest BCUT2D eigenvalue weighted by molar-refractivity contribution is 6.32. The SMILES string of the molecule is Cc1ccccc1NC(=O)Cc1cc(Cl)c2c(c1)OCCO2. The van der Waals surface area contributed by atoms with Crippen LogP contribution in [0.2, 0.25) is 5.02 Å². The summed E-state index contributed by atoms with van der Waals surface area (Å²) < 4.78 is 11.0. The molecule has 0 radical (unpaired) electrons. The van der Waals surface area contributed by atoms with Gasteiger partial charge in [-0.3, -0.25) is 4.79 Å². The number of aryl methyl sites for hydroxylation is 1. The fourth-order valence-corrected chi connectivity index (χ4v) is 2.65. The van der Waals surface area contributed by atoms with Crippen LogP contribution in [0.4, 0.5) is 5.69 Å². The number of nitrogens with one attached hydrogen (secondary N) is 1. The van der Waals surface area contributed by atoms with E-state index in [0.717, 1.165) is 16.8 Å². The van der Waals surface area contributed by atoms with Gasteiger partial charge in [0.2, 0.25) is 5.91 Å². The summed E-state index contributed by atoms with van der Waals surface area (Å²) in [5.74, 6) is 1.05. The Morgan fingerprint density at radius 1 is 1.23 bits per heavy atom. The molecule has 1 amide bonds. The maximum atomic E-state index is 12.2. The van der Waals surface area contributed by atoms with Gasteiger partial charge in [-0.15, -0.1) is 0 Å². The van der Waals surface area contributed by atoms with E-state index in [1.54, 1.807) is 12.1 Å². The lowest BCUT2D eigenvalue weighted by Crippen LogP contribution is -2.17. The zero-order chi connectivity index (χ0) is 15.5. The Hall–Kier alpha value is -2.20. The molecule has 0 atom stereocenters. The number of para-hydroxylation sites is 1. The van der Waals surface area contributed by atoms with Crippen LogP contribution in [0.25, 0.3) is 0 Å². The Morgan fingerprint density at radius 3 is 2.82 bits per heavy atom. The number of hydrogen-bond donors (Lipinski definition) is 1. The van der Waals surface area contributed by atoms with Crippen molar-refractivity contribution < 1.29 is 14.3 Å². The molecule has 0 bridgehead atoms. The summed E-state index contributed by atoms with van der Waals surface area (Å²) in [5, 5.41) is 3.37. The van der Waals surface area contributed by atoms with Crippen LogP contribution in [0.5, 0.6) is 11.5 Å². The van der Waals surface area contributed by atoms with Crippen molar-refractivity contribution in [1.82, 2.24) is 0 Å². The number of carbonyl (C=O) groups excluding carboxylic acids is 1. The minimum atomic E-state index is -0.0953. The van der Waals surface area contributed by atoms with Gasteiger partial charge in [-0.05, 0) is 36.2 Å². The zero-order valence-electron chi connectivity index (χ0n) is 12.2. The van der Waals surface area contributed by atoms with Crippen molar-refractivity contribution in [3.05, 3.63) is 52.5 Å². The summed E-state index contributed by atoms with van der Waals surface area (Å²) in [5.41, 5.74) is 2.63. The number of fused-ring (bicyclic) bond motifs is 1. The number of anilines is 1. The smallest absolute Gasteiger partial charge is 0.228 e. The predicted molar refractivity (Wildman–Crippen MR) is 86.0 cm³/mol. The number of rotatable bonds is 3. The molecule has 0 saturated heterocycles. The molecule has 0 saturated carbocycles.